The third-order valence-electron chi connectivity index (χ3n) is 7.02. The Hall–Kier alpha value is -1.67. The number of nitrogens with zero attached hydrogens (tertiary/aromatic N) is 1. The van der Waals surface area contributed by atoms with Gasteiger partial charge in [0.25, 0.3) is 0 Å². The van der Waals surface area contributed by atoms with Gasteiger partial charge in [0.15, 0.2) is 0 Å². The first-order valence-electron chi connectivity index (χ1n) is 12.0. The van der Waals surface area contributed by atoms with E-state index in [4.69, 9.17) is 4.74 Å². The molecule has 2 bridgehead atoms. The van der Waals surface area contributed by atoms with E-state index < -0.39 is 29.5 Å². The Labute approximate surface area is 185 Å². The number of aliphatic hydroxyl groups excluding tert-OH is 1. The fraction of sp³-hybridized carbons (Fsp3) is 0.870. The quantitative estimate of drug-likeness (QED) is 0.421. The van der Waals surface area contributed by atoms with Crippen molar-refractivity contribution in [1.82, 2.24) is 15.5 Å². The van der Waals surface area contributed by atoms with E-state index in [9.17, 15) is 19.5 Å². The third kappa shape index (κ3) is 4.21. The van der Waals surface area contributed by atoms with Gasteiger partial charge in [-0.05, 0) is 38.0 Å². The topological polar surface area (TPSA) is 108 Å². The van der Waals surface area contributed by atoms with E-state index in [0.717, 1.165) is 19.3 Å². The van der Waals surface area contributed by atoms with Crippen LogP contribution in [0.2, 0.25) is 0 Å². The highest BCUT2D eigenvalue weighted by Gasteiger charge is 2.74. The van der Waals surface area contributed by atoms with Crippen LogP contribution in [0.3, 0.4) is 0 Å². The van der Waals surface area contributed by atoms with E-state index in [-0.39, 0.29) is 36.4 Å². The smallest absolute Gasteiger partial charge is 0.245 e. The SMILES string of the molecule is CCCCNC(=O)C1N([C@@H](CO)CC(C)C)C(=O)[C@@H]2[C@@H](C(=O)NCCC)[C@H]3CCC12O3. The van der Waals surface area contributed by atoms with Crippen LogP contribution in [0.25, 0.3) is 0 Å². The number of carbonyl (C=O) groups excluding carboxylic acids is 3. The minimum absolute atomic E-state index is 0.164. The van der Waals surface area contributed by atoms with Gasteiger partial charge < -0.3 is 25.4 Å². The summed E-state index contributed by atoms with van der Waals surface area (Å²) in [6, 6.07) is -1.29. The molecular weight excluding hydrogens is 398 g/mol. The summed E-state index contributed by atoms with van der Waals surface area (Å²) >= 11 is 0. The molecule has 0 aromatic heterocycles. The van der Waals surface area contributed by atoms with Gasteiger partial charge in [0.2, 0.25) is 17.7 Å². The van der Waals surface area contributed by atoms with Crippen molar-refractivity contribution in [3.63, 3.8) is 0 Å². The van der Waals surface area contributed by atoms with Gasteiger partial charge in [0, 0.05) is 13.1 Å². The normalized spacial score (nSPS) is 32.5. The predicted octanol–water partition coefficient (Wildman–Crippen LogP) is 1.21. The summed E-state index contributed by atoms with van der Waals surface area (Å²) in [5, 5.41) is 16.1. The summed E-state index contributed by atoms with van der Waals surface area (Å²) in [7, 11) is 0. The molecule has 3 heterocycles. The maximum Gasteiger partial charge on any atom is 0.245 e. The van der Waals surface area contributed by atoms with Crippen molar-refractivity contribution in [1.29, 1.82) is 0 Å². The fourth-order valence-corrected chi connectivity index (χ4v) is 5.76. The monoisotopic (exact) mass is 437 g/mol. The summed E-state index contributed by atoms with van der Waals surface area (Å²) < 4.78 is 6.37. The molecule has 8 heteroatoms. The second-order valence-electron chi connectivity index (χ2n) is 9.70. The highest BCUT2D eigenvalue weighted by atomic mass is 16.5. The number of ether oxygens (including phenoxy) is 1. The largest absolute Gasteiger partial charge is 0.394 e. The van der Waals surface area contributed by atoms with Crippen LogP contribution in [0.4, 0.5) is 0 Å². The molecule has 3 N–H and O–H groups in total. The molecule has 176 valence electrons. The van der Waals surface area contributed by atoms with Gasteiger partial charge in [-0.2, -0.15) is 0 Å². The van der Waals surface area contributed by atoms with Gasteiger partial charge in [0.1, 0.15) is 11.6 Å². The van der Waals surface area contributed by atoms with E-state index in [1.54, 1.807) is 4.90 Å². The van der Waals surface area contributed by atoms with Crippen molar-refractivity contribution in [2.24, 2.45) is 17.8 Å². The van der Waals surface area contributed by atoms with Crippen molar-refractivity contribution in [3.8, 4) is 0 Å². The van der Waals surface area contributed by atoms with Crippen LogP contribution in [-0.2, 0) is 19.1 Å². The third-order valence-corrected chi connectivity index (χ3v) is 7.02. The second kappa shape index (κ2) is 9.86. The van der Waals surface area contributed by atoms with Gasteiger partial charge in [-0.1, -0.05) is 34.1 Å². The Bertz CT molecular complexity index is 684. The summed E-state index contributed by atoms with van der Waals surface area (Å²) in [6.45, 7) is 8.96. The molecule has 6 atom stereocenters. The lowest BCUT2D eigenvalue weighted by Gasteiger charge is -2.37. The van der Waals surface area contributed by atoms with Crippen LogP contribution >= 0.6 is 0 Å². The molecule has 3 fully saturated rings. The average Bonchev–Trinajstić information content (AvgIpc) is 3.37. The zero-order chi connectivity index (χ0) is 22.8. The zero-order valence-corrected chi connectivity index (χ0v) is 19.4. The first kappa shape index (κ1) is 24.0. The molecule has 3 aliphatic rings. The van der Waals surface area contributed by atoms with Crippen LogP contribution in [0.15, 0.2) is 0 Å². The maximum atomic E-state index is 13.8. The standard InChI is InChI=1S/C23H39N3O5/c1-5-7-11-25-21(29)19-23-9-8-16(31-23)17(20(28)24-10-6-2)18(23)22(30)26(19)15(13-27)12-14(3)4/h14-19,27H,5-13H2,1-4H3,(H,24,28)(H,25,29)/t15-,16-,17+,18+,19?,23?/m1/s1. The number of rotatable bonds is 11. The Morgan fingerprint density at radius 1 is 1.19 bits per heavy atom. The van der Waals surface area contributed by atoms with E-state index in [0.29, 0.717) is 32.4 Å². The first-order valence-corrected chi connectivity index (χ1v) is 12.0. The molecule has 2 unspecified atom stereocenters. The number of nitrogens with one attached hydrogen (secondary N) is 2. The lowest BCUT2D eigenvalue weighted by Crippen LogP contribution is -2.58. The van der Waals surface area contributed by atoms with Crippen LogP contribution in [0.1, 0.15) is 66.2 Å². The summed E-state index contributed by atoms with van der Waals surface area (Å²) in [4.78, 5) is 41.7. The lowest BCUT2D eigenvalue weighted by molar-refractivity contribution is -0.146. The number of carbonyl (C=O) groups is 3. The van der Waals surface area contributed by atoms with Crippen LogP contribution in [0.5, 0.6) is 0 Å². The lowest BCUT2D eigenvalue weighted by atomic mass is 9.70. The van der Waals surface area contributed by atoms with Gasteiger partial charge in [-0.3, -0.25) is 14.4 Å². The molecule has 3 amide bonds. The number of fused-ring (bicyclic) bond motifs is 1. The highest BCUT2D eigenvalue weighted by molar-refractivity contribution is 5.99. The second-order valence-corrected chi connectivity index (χ2v) is 9.70. The van der Waals surface area contributed by atoms with E-state index in [1.807, 2.05) is 20.8 Å². The molecule has 1 spiro atoms. The molecular formula is C23H39N3O5. The summed E-state index contributed by atoms with van der Waals surface area (Å²) in [5.41, 5.74) is -0.989. The van der Waals surface area contributed by atoms with Crippen molar-refractivity contribution < 1.29 is 24.2 Å². The Kier molecular flexibility index (Phi) is 7.63. The average molecular weight is 438 g/mol. The number of amides is 3. The molecule has 31 heavy (non-hydrogen) atoms. The maximum absolute atomic E-state index is 13.8. The van der Waals surface area contributed by atoms with Crippen LogP contribution < -0.4 is 10.6 Å². The molecule has 0 aromatic rings. The van der Waals surface area contributed by atoms with Crippen molar-refractivity contribution in [2.75, 3.05) is 19.7 Å². The molecule has 0 aromatic carbocycles. The number of hydrogen-bond acceptors (Lipinski definition) is 5. The van der Waals surface area contributed by atoms with Gasteiger partial charge in [0.05, 0.1) is 30.6 Å². The first-order chi connectivity index (χ1) is 14.8. The highest BCUT2D eigenvalue weighted by Crippen LogP contribution is 2.58. The fourth-order valence-electron chi connectivity index (χ4n) is 5.76. The van der Waals surface area contributed by atoms with Crippen LogP contribution in [-0.4, -0.2) is 71.2 Å². The van der Waals surface area contributed by atoms with Gasteiger partial charge in [-0.25, -0.2) is 0 Å². The number of aliphatic hydroxyl groups is 1. The van der Waals surface area contributed by atoms with E-state index in [2.05, 4.69) is 17.6 Å². The number of unbranched alkanes of at least 4 members (excludes halogenated alkanes) is 1. The Morgan fingerprint density at radius 2 is 1.90 bits per heavy atom. The molecule has 0 saturated carbocycles. The molecule has 0 aliphatic carbocycles. The minimum Gasteiger partial charge on any atom is -0.394 e. The van der Waals surface area contributed by atoms with Crippen molar-refractivity contribution in [2.45, 2.75) is 90.0 Å². The van der Waals surface area contributed by atoms with Crippen LogP contribution in [0, 0.1) is 17.8 Å². The van der Waals surface area contributed by atoms with E-state index >= 15 is 0 Å². The summed E-state index contributed by atoms with van der Waals surface area (Å²) in [6.07, 6.45) is 4.10. The number of likely N-dealkylation sites (tertiary alicyclic amines) is 1. The predicted molar refractivity (Wildman–Crippen MR) is 116 cm³/mol. The van der Waals surface area contributed by atoms with Gasteiger partial charge >= 0.3 is 0 Å². The summed E-state index contributed by atoms with van der Waals surface area (Å²) in [5.74, 6) is -1.64. The number of hydrogen-bond donors (Lipinski definition) is 3. The molecule has 0 radical (unpaired) electrons. The Balaban J connectivity index is 1.96. The van der Waals surface area contributed by atoms with E-state index in [1.165, 1.54) is 0 Å². The zero-order valence-electron chi connectivity index (χ0n) is 19.4. The molecule has 3 rings (SSSR count). The Morgan fingerprint density at radius 3 is 2.52 bits per heavy atom. The molecule has 3 aliphatic heterocycles. The molecule has 3 saturated heterocycles. The van der Waals surface area contributed by atoms with Crippen molar-refractivity contribution in [3.05, 3.63) is 0 Å². The van der Waals surface area contributed by atoms with Crippen molar-refractivity contribution >= 4 is 17.7 Å². The minimum atomic E-state index is -0.989. The molecule has 8 nitrogen and oxygen atoms in total. The van der Waals surface area contributed by atoms with Gasteiger partial charge in [-0.15, -0.1) is 0 Å².